The van der Waals surface area contributed by atoms with Crippen molar-refractivity contribution in [2.75, 3.05) is 13.2 Å². The number of hydrogen-bond acceptors (Lipinski definition) is 3. The second kappa shape index (κ2) is 23.2. The molecule has 0 radical (unpaired) electrons. The summed E-state index contributed by atoms with van der Waals surface area (Å²) in [6.07, 6.45) is 28.0. The van der Waals surface area contributed by atoms with E-state index in [-0.39, 0.29) is 5.97 Å². The van der Waals surface area contributed by atoms with Gasteiger partial charge < -0.3 is 9.47 Å². The Kier molecular flexibility index (Phi) is 20.9. The van der Waals surface area contributed by atoms with Gasteiger partial charge in [-0.2, -0.15) is 0 Å². The summed E-state index contributed by atoms with van der Waals surface area (Å²) in [6.45, 7) is 5.25. The predicted octanol–water partition coefficient (Wildman–Crippen LogP) is 10.1. The summed E-state index contributed by atoms with van der Waals surface area (Å²) in [5.41, 5.74) is 0.577. The van der Waals surface area contributed by atoms with Crippen molar-refractivity contribution in [3.8, 4) is 5.75 Å². The number of hydrogen-bond donors (Lipinski definition) is 0. The zero-order chi connectivity index (χ0) is 24.5. The van der Waals surface area contributed by atoms with Crippen LogP contribution in [-0.2, 0) is 4.74 Å². The Morgan fingerprint density at radius 2 is 0.941 bits per heavy atom. The Hall–Kier alpha value is -1.51. The normalized spacial score (nSPS) is 11.0. The highest BCUT2D eigenvalue weighted by Crippen LogP contribution is 2.16. The van der Waals surface area contributed by atoms with Crippen LogP contribution in [-0.4, -0.2) is 19.2 Å². The van der Waals surface area contributed by atoms with Gasteiger partial charge in [-0.05, 0) is 37.6 Å². The predicted molar refractivity (Wildman–Crippen MR) is 146 cm³/mol. The molecule has 0 atom stereocenters. The van der Waals surface area contributed by atoms with E-state index in [0.29, 0.717) is 12.2 Å². The monoisotopic (exact) mass is 474 g/mol. The van der Waals surface area contributed by atoms with E-state index in [2.05, 4.69) is 6.92 Å². The van der Waals surface area contributed by atoms with Crippen molar-refractivity contribution in [1.29, 1.82) is 0 Å². The molecule has 3 nitrogen and oxygen atoms in total. The fourth-order valence-corrected chi connectivity index (χ4v) is 4.45. The Morgan fingerprint density at radius 1 is 0.559 bits per heavy atom. The van der Waals surface area contributed by atoms with Crippen LogP contribution >= 0.6 is 0 Å². The molecule has 1 rings (SSSR count). The molecule has 0 heterocycles. The summed E-state index contributed by atoms with van der Waals surface area (Å²) < 4.78 is 10.8. The molecular weight excluding hydrogens is 420 g/mol. The van der Waals surface area contributed by atoms with E-state index in [0.717, 1.165) is 18.8 Å². The molecule has 34 heavy (non-hydrogen) atoms. The van der Waals surface area contributed by atoms with E-state index >= 15 is 0 Å². The minimum Gasteiger partial charge on any atom is -0.494 e. The van der Waals surface area contributed by atoms with Crippen molar-refractivity contribution in [3.05, 3.63) is 29.8 Å². The molecule has 0 saturated carbocycles. The van der Waals surface area contributed by atoms with Crippen LogP contribution in [0.5, 0.6) is 5.75 Å². The van der Waals surface area contributed by atoms with Crippen LogP contribution in [0.15, 0.2) is 24.3 Å². The molecule has 0 aliphatic rings. The zero-order valence-corrected chi connectivity index (χ0v) is 22.6. The summed E-state index contributed by atoms with van der Waals surface area (Å²) in [5, 5.41) is 0. The van der Waals surface area contributed by atoms with Gasteiger partial charge in [0, 0.05) is 0 Å². The molecule has 0 N–H and O–H groups in total. The molecule has 0 aromatic heterocycles. The topological polar surface area (TPSA) is 35.5 Å². The van der Waals surface area contributed by atoms with Gasteiger partial charge in [-0.15, -0.1) is 0 Å². The van der Waals surface area contributed by atoms with E-state index in [1.54, 1.807) is 12.1 Å². The molecular formula is C31H54O3. The van der Waals surface area contributed by atoms with Gasteiger partial charge >= 0.3 is 5.97 Å². The first kappa shape index (κ1) is 30.5. The minimum atomic E-state index is -0.275. The minimum absolute atomic E-state index is 0.275. The zero-order valence-electron chi connectivity index (χ0n) is 22.6. The first-order chi connectivity index (χ1) is 16.8. The lowest BCUT2D eigenvalue weighted by molar-refractivity contribution is 0.0526. The summed E-state index contributed by atoms with van der Waals surface area (Å²) in [6, 6.07) is 7.24. The third kappa shape index (κ3) is 17.9. The summed E-state index contributed by atoms with van der Waals surface area (Å²) in [7, 11) is 0. The third-order valence-corrected chi connectivity index (χ3v) is 6.63. The summed E-state index contributed by atoms with van der Waals surface area (Å²) in [5.74, 6) is 0.550. The SMILES string of the molecule is CCCCCCCCCCCCCCCCCCCCCCOc1ccc(C(=O)OCC)cc1. The van der Waals surface area contributed by atoms with Crippen LogP contribution in [0.4, 0.5) is 0 Å². The Labute approximate surface area is 211 Å². The van der Waals surface area contributed by atoms with Crippen molar-refractivity contribution < 1.29 is 14.3 Å². The number of benzene rings is 1. The van der Waals surface area contributed by atoms with Gasteiger partial charge in [-0.1, -0.05) is 129 Å². The fourth-order valence-electron chi connectivity index (χ4n) is 4.45. The van der Waals surface area contributed by atoms with Gasteiger partial charge in [0.15, 0.2) is 0 Å². The van der Waals surface area contributed by atoms with Crippen LogP contribution in [0, 0.1) is 0 Å². The Balaban J connectivity index is 1.78. The van der Waals surface area contributed by atoms with Gasteiger partial charge in [-0.25, -0.2) is 4.79 Å². The maximum absolute atomic E-state index is 11.6. The van der Waals surface area contributed by atoms with Crippen LogP contribution in [0.3, 0.4) is 0 Å². The van der Waals surface area contributed by atoms with Gasteiger partial charge in [-0.3, -0.25) is 0 Å². The number of carbonyl (C=O) groups is 1. The second-order valence-corrected chi connectivity index (χ2v) is 9.81. The lowest BCUT2D eigenvalue weighted by Crippen LogP contribution is -2.04. The molecule has 1 aromatic carbocycles. The first-order valence-electron chi connectivity index (χ1n) is 14.7. The average Bonchev–Trinajstić information content (AvgIpc) is 2.85. The molecule has 0 bridgehead atoms. The lowest BCUT2D eigenvalue weighted by Gasteiger charge is -2.07. The van der Waals surface area contributed by atoms with Gasteiger partial charge in [0.1, 0.15) is 5.75 Å². The van der Waals surface area contributed by atoms with Crippen molar-refractivity contribution in [3.63, 3.8) is 0 Å². The highest BCUT2D eigenvalue weighted by Gasteiger charge is 2.05. The van der Waals surface area contributed by atoms with E-state index in [1.807, 2.05) is 19.1 Å². The van der Waals surface area contributed by atoms with Crippen molar-refractivity contribution in [1.82, 2.24) is 0 Å². The molecule has 3 heteroatoms. The maximum atomic E-state index is 11.6. The van der Waals surface area contributed by atoms with Crippen LogP contribution in [0.1, 0.15) is 153 Å². The van der Waals surface area contributed by atoms with Gasteiger partial charge in [0.25, 0.3) is 0 Å². The quantitative estimate of drug-likeness (QED) is 0.110. The smallest absolute Gasteiger partial charge is 0.338 e. The lowest BCUT2D eigenvalue weighted by atomic mass is 10.0. The third-order valence-electron chi connectivity index (χ3n) is 6.63. The van der Waals surface area contributed by atoms with Crippen molar-refractivity contribution in [2.24, 2.45) is 0 Å². The molecule has 0 fully saturated rings. The number of carbonyl (C=O) groups excluding carboxylic acids is 1. The van der Waals surface area contributed by atoms with Gasteiger partial charge in [0.2, 0.25) is 0 Å². The highest BCUT2D eigenvalue weighted by atomic mass is 16.5. The number of unbranched alkanes of at least 4 members (excludes halogenated alkanes) is 19. The van der Waals surface area contributed by atoms with Gasteiger partial charge in [0.05, 0.1) is 18.8 Å². The molecule has 0 saturated heterocycles. The molecule has 0 unspecified atom stereocenters. The molecule has 196 valence electrons. The number of ether oxygens (including phenoxy) is 2. The largest absolute Gasteiger partial charge is 0.494 e. The Bertz CT molecular complexity index is 567. The fraction of sp³-hybridized carbons (Fsp3) is 0.774. The number of esters is 1. The van der Waals surface area contributed by atoms with Crippen LogP contribution < -0.4 is 4.74 Å². The Morgan fingerprint density at radius 3 is 1.32 bits per heavy atom. The molecule has 0 spiro atoms. The van der Waals surface area contributed by atoms with Crippen LogP contribution in [0.25, 0.3) is 0 Å². The maximum Gasteiger partial charge on any atom is 0.338 e. The molecule has 0 aliphatic heterocycles. The number of rotatable bonds is 24. The summed E-state index contributed by atoms with van der Waals surface area (Å²) in [4.78, 5) is 11.6. The molecule has 1 aromatic rings. The molecule has 0 aliphatic carbocycles. The average molecular weight is 475 g/mol. The van der Waals surface area contributed by atoms with E-state index in [4.69, 9.17) is 9.47 Å². The molecule has 0 amide bonds. The second-order valence-electron chi connectivity index (χ2n) is 9.81. The summed E-state index contributed by atoms with van der Waals surface area (Å²) >= 11 is 0. The standard InChI is InChI=1S/C31H54O3/c1-3-5-6-7-8-9-10-11-12-13-14-15-16-17-18-19-20-21-22-23-28-34-30-26-24-29(25-27-30)31(32)33-4-2/h24-27H,3-23,28H2,1-2H3. The highest BCUT2D eigenvalue weighted by molar-refractivity contribution is 5.89. The van der Waals surface area contributed by atoms with Crippen molar-refractivity contribution in [2.45, 2.75) is 142 Å². The van der Waals surface area contributed by atoms with Crippen LogP contribution in [0.2, 0.25) is 0 Å². The van der Waals surface area contributed by atoms with E-state index in [9.17, 15) is 4.79 Å². The van der Waals surface area contributed by atoms with Crippen molar-refractivity contribution >= 4 is 5.97 Å². The van der Waals surface area contributed by atoms with E-state index < -0.39 is 0 Å². The van der Waals surface area contributed by atoms with E-state index in [1.165, 1.54) is 122 Å². The first-order valence-corrected chi connectivity index (χ1v) is 14.7.